The second-order valence-electron chi connectivity index (χ2n) is 7.52. The molecule has 4 heteroatoms. The molecule has 4 rings (SSSR count). The number of hydrogen-bond donors (Lipinski definition) is 1. The van der Waals surface area contributed by atoms with Crippen LogP contribution in [0.1, 0.15) is 47.2 Å². The number of likely N-dealkylation sites (tertiary alicyclic amines) is 2. The molecule has 1 N–H and O–H groups in total. The topological polar surface area (TPSA) is 43.8 Å². The lowest BCUT2D eigenvalue weighted by Gasteiger charge is -2.28. The first kappa shape index (κ1) is 15.2. The molecule has 4 nitrogen and oxygen atoms in total. The van der Waals surface area contributed by atoms with Crippen LogP contribution in [0.15, 0.2) is 18.2 Å². The number of carbonyl (C=O) groups is 1. The lowest BCUT2D eigenvalue weighted by Crippen LogP contribution is -2.45. The fourth-order valence-electron chi connectivity index (χ4n) is 4.40. The molecule has 0 aromatic heterocycles. The molecule has 0 radical (unpaired) electrons. The van der Waals surface area contributed by atoms with Gasteiger partial charge in [-0.3, -0.25) is 4.79 Å². The largest absolute Gasteiger partial charge is 0.387 e. The van der Waals surface area contributed by atoms with E-state index in [1.54, 1.807) is 0 Å². The van der Waals surface area contributed by atoms with Gasteiger partial charge in [-0.05, 0) is 74.9 Å². The predicted molar refractivity (Wildman–Crippen MR) is 89.6 cm³/mol. The smallest absolute Gasteiger partial charge is 0.253 e. The maximum atomic E-state index is 12.8. The summed E-state index contributed by atoms with van der Waals surface area (Å²) >= 11 is 0. The zero-order valence-corrected chi connectivity index (χ0v) is 13.8. The van der Waals surface area contributed by atoms with Crippen LogP contribution in [0.3, 0.4) is 0 Å². The van der Waals surface area contributed by atoms with Crippen LogP contribution >= 0.6 is 0 Å². The third-order valence-electron chi connectivity index (χ3n) is 5.68. The van der Waals surface area contributed by atoms with Gasteiger partial charge in [0, 0.05) is 18.7 Å². The van der Waals surface area contributed by atoms with E-state index in [0.29, 0.717) is 26.1 Å². The summed E-state index contributed by atoms with van der Waals surface area (Å²) in [6, 6.07) is 6.15. The summed E-state index contributed by atoms with van der Waals surface area (Å²) in [6.07, 6.45) is 6.59. The molecule has 2 heterocycles. The summed E-state index contributed by atoms with van der Waals surface area (Å²) < 4.78 is 0. The first-order valence-corrected chi connectivity index (χ1v) is 8.99. The van der Waals surface area contributed by atoms with Crippen molar-refractivity contribution in [3.05, 3.63) is 34.9 Å². The van der Waals surface area contributed by atoms with E-state index in [-0.39, 0.29) is 5.91 Å². The van der Waals surface area contributed by atoms with Crippen molar-refractivity contribution >= 4 is 5.91 Å². The zero-order chi connectivity index (χ0) is 15.9. The van der Waals surface area contributed by atoms with E-state index in [1.807, 2.05) is 11.0 Å². The number of aryl methyl sites for hydroxylation is 2. The van der Waals surface area contributed by atoms with Crippen LogP contribution in [0.2, 0.25) is 0 Å². The van der Waals surface area contributed by atoms with Crippen molar-refractivity contribution in [3.63, 3.8) is 0 Å². The Morgan fingerprint density at radius 1 is 1.09 bits per heavy atom. The number of amides is 1. The van der Waals surface area contributed by atoms with E-state index in [4.69, 9.17) is 0 Å². The third-order valence-corrected chi connectivity index (χ3v) is 5.68. The molecule has 0 spiro atoms. The molecule has 2 aliphatic heterocycles. The van der Waals surface area contributed by atoms with E-state index < -0.39 is 5.60 Å². The number of benzene rings is 1. The Balaban J connectivity index is 1.43. The van der Waals surface area contributed by atoms with Gasteiger partial charge in [0.2, 0.25) is 0 Å². The standard InChI is InChI=1S/C19H26N2O2/c22-18(17-7-6-15-4-3-5-16(15)12-17)21-11-8-19(23,14-21)13-20-9-1-2-10-20/h6-7,12,23H,1-5,8-11,13-14H2/t19-/m0/s1. The molecule has 23 heavy (non-hydrogen) atoms. The Hall–Kier alpha value is -1.39. The number of rotatable bonds is 3. The molecule has 1 aromatic rings. The molecule has 0 bridgehead atoms. The van der Waals surface area contributed by atoms with Gasteiger partial charge in [-0.15, -0.1) is 0 Å². The molecule has 124 valence electrons. The Labute approximate surface area is 138 Å². The number of aliphatic hydroxyl groups is 1. The van der Waals surface area contributed by atoms with Gasteiger partial charge in [-0.2, -0.15) is 0 Å². The van der Waals surface area contributed by atoms with Crippen LogP contribution in [0.25, 0.3) is 0 Å². The van der Waals surface area contributed by atoms with Crippen LogP contribution in [0.4, 0.5) is 0 Å². The highest BCUT2D eigenvalue weighted by Crippen LogP contribution is 2.27. The number of nitrogens with zero attached hydrogens (tertiary/aromatic N) is 2. The zero-order valence-electron chi connectivity index (χ0n) is 13.8. The summed E-state index contributed by atoms with van der Waals surface area (Å²) in [7, 11) is 0. The Bertz CT molecular complexity index is 609. The summed E-state index contributed by atoms with van der Waals surface area (Å²) in [6.45, 7) is 4.02. The lowest BCUT2D eigenvalue weighted by atomic mass is 10.0. The van der Waals surface area contributed by atoms with Crippen molar-refractivity contribution in [1.82, 2.24) is 9.80 Å². The minimum atomic E-state index is -0.725. The van der Waals surface area contributed by atoms with Gasteiger partial charge < -0.3 is 14.9 Å². The Kier molecular flexibility index (Phi) is 3.90. The van der Waals surface area contributed by atoms with Gasteiger partial charge in [0.25, 0.3) is 5.91 Å². The Morgan fingerprint density at radius 3 is 2.70 bits per heavy atom. The molecular formula is C19H26N2O2. The molecule has 1 atom stereocenters. The first-order chi connectivity index (χ1) is 11.1. The van der Waals surface area contributed by atoms with E-state index in [0.717, 1.165) is 31.5 Å². The molecule has 2 saturated heterocycles. The second kappa shape index (κ2) is 5.91. The lowest BCUT2D eigenvalue weighted by molar-refractivity contribution is 0.0175. The maximum Gasteiger partial charge on any atom is 0.253 e. The molecule has 1 aliphatic carbocycles. The summed E-state index contributed by atoms with van der Waals surface area (Å²) in [5.74, 6) is 0.0806. The monoisotopic (exact) mass is 314 g/mol. The van der Waals surface area contributed by atoms with Crippen molar-refractivity contribution in [2.75, 3.05) is 32.7 Å². The SMILES string of the molecule is O=C(c1ccc2c(c1)CCC2)N1CC[C@](O)(CN2CCCC2)C1. The van der Waals surface area contributed by atoms with Gasteiger partial charge in [-0.25, -0.2) is 0 Å². The first-order valence-electron chi connectivity index (χ1n) is 8.99. The van der Waals surface area contributed by atoms with Crippen LogP contribution in [-0.2, 0) is 12.8 Å². The number of fused-ring (bicyclic) bond motifs is 1. The highest BCUT2D eigenvalue weighted by molar-refractivity contribution is 5.94. The van der Waals surface area contributed by atoms with Gasteiger partial charge in [0.1, 0.15) is 0 Å². The predicted octanol–water partition coefficient (Wildman–Crippen LogP) is 1.85. The Morgan fingerprint density at radius 2 is 1.87 bits per heavy atom. The van der Waals surface area contributed by atoms with Crippen LogP contribution < -0.4 is 0 Å². The summed E-state index contributed by atoms with van der Waals surface area (Å²) in [5, 5.41) is 10.8. The van der Waals surface area contributed by atoms with Gasteiger partial charge in [0.05, 0.1) is 12.1 Å². The summed E-state index contributed by atoms with van der Waals surface area (Å²) in [5.41, 5.74) is 2.79. The molecule has 1 amide bonds. The third kappa shape index (κ3) is 3.02. The van der Waals surface area contributed by atoms with Crippen molar-refractivity contribution in [2.45, 2.75) is 44.1 Å². The van der Waals surface area contributed by atoms with Crippen molar-refractivity contribution in [1.29, 1.82) is 0 Å². The van der Waals surface area contributed by atoms with E-state index >= 15 is 0 Å². The highest BCUT2D eigenvalue weighted by atomic mass is 16.3. The second-order valence-corrected chi connectivity index (χ2v) is 7.52. The minimum absolute atomic E-state index is 0.0806. The average molecular weight is 314 g/mol. The van der Waals surface area contributed by atoms with Crippen LogP contribution in [-0.4, -0.2) is 59.1 Å². The fraction of sp³-hybridized carbons (Fsp3) is 0.632. The van der Waals surface area contributed by atoms with E-state index in [9.17, 15) is 9.90 Å². The molecule has 0 unspecified atom stereocenters. The quantitative estimate of drug-likeness (QED) is 0.926. The highest BCUT2D eigenvalue weighted by Gasteiger charge is 2.40. The number of β-amino-alcohol motifs (C(OH)–C–C–N with tert-alkyl or cyclic N) is 1. The van der Waals surface area contributed by atoms with Crippen LogP contribution in [0.5, 0.6) is 0 Å². The summed E-state index contributed by atoms with van der Waals surface area (Å²) in [4.78, 5) is 16.9. The molecule has 2 fully saturated rings. The van der Waals surface area contributed by atoms with Gasteiger partial charge in [0.15, 0.2) is 0 Å². The molecule has 0 saturated carbocycles. The maximum absolute atomic E-state index is 12.8. The molecule has 1 aromatic carbocycles. The van der Waals surface area contributed by atoms with Gasteiger partial charge >= 0.3 is 0 Å². The van der Waals surface area contributed by atoms with Crippen molar-refractivity contribution < 1.29 is 9.90 Å². The van der Waals surface area contributed by atoms with Gasteiger partial charge in [-0.1, -0.05) is 6.07 Å². The van der Waals surface area contributed by atoms with Crippen molar-refractivity contribution in [3.8, 4) is 0 Å². The number of carbonyl (C=O) groups excluding carboxylic acids is 1. The fourth-order valence-corrected chi connectivity index (χ4v) is 4.40. The van der Waals surface area contributed by atoms with E-state index in [1.165, 1.54) is 30.4 Å². The molecule has 3 aliphatic rings. The minimum Gasteiger partial charge on any atom is -0.387 e. The average Bonchev–Trinajstić information content (AvgIpc) is 3.27. The number of hydrogen-bond acceptors (Lipinski definition) is 3. The van der Waals surface area contributed by atoms with Crippen molar-refractivity contribution in [2.24, 2.45) is 0 Å². The normalized spacial score (nSPS) is 27.6. The van der Waals surface area contributed by atoms with Crippen LogP contribution in [0, 0.1) is 0 Å². The molecular weight excluding hydrogens is 288 g/mol. The van der Waals surface area contributed by atoms with E-state index in [2.05, 4.69) is 17.0 Å².